The Labute approximate surface area is 107 Å². The summed E-state index contributed by atoms with van der Waals surface area (Å²) < 4.78 is 0. The van der Waals surface area contributed by atoms with Crippen LogP contribution in [0.2, 0.25) is 0 Å². The van der Waals surface area contributed by atoms with Crippen molar-refractivity contribution in [1.29, 1.82) is 0 Å². The number of anilines is 1. The zero-order valence-corrected chi connectivity index (χ0v) is 10.6. The van der Waals surface area contributed by atoms with Crippen LogP contribution in [0, 0.1) is 16.0 Å². The highest BCUT2D eigenvalue weighted by Crippen LogP contribution is 2.28. The minimum Gasteiger partial charge on any atom is -0.375 e. The predicted octanol–water partition coefficient (Wildman–Crippen LogP) is 3.37. The second kappa shape index (κ2) is 5.80. The van der Waals surface area contributed by atoms with Crippen LogP contribution in [-0.4, -0.2) is 15.9 Å². The van der Waals surface area contributed by atoms with Gasteiger partial charge in [-0.2, -0.15) is 0 Å². The third-order valence-electron chi connectivity index (χ3n) is 3.66. The number of nitro groups is 1. The molecule has 2 atom stereocenters. The van der Waals surface area contributed by atoms with Crippen molar-refractivity contribution < 1.29 is 4.92 Å². The zero-order chi connectivity index (χ0) is 13.0. The molecule has 1 aliphatic carbocycles. The lowest BCUT2D eigenvalue weighted by Gasteiger charge is -2.23. The van der Waals surface area contributed by atoms with Gasteiger partial charge in [0.15, 0.2) is 0 Å². The normalized spacial score (nSPS) is 24.3. The highest BCUT2D eigenvalue weighted by atomic mass is 16.6. The first-order valence-electron chi connectivity index (χ1n) is 6.54. The minimum absolute atomic E-state index is 0.0750. The predicted molar refractivity (Wildman–Crippen MR) is 70.6 cm³/mol. The Morgan fingerprint density at radius 3 is 2.94 bits per heavy atom. The summed E-state index contributed by atoms with van der Waals surface area (Å²) in [5.74, 6) is 0.473. The topological polar surface area (TPSA) is 68.1 Å². The molecule has 2 rings (SSSR count). The van der Waals surface area contributed by atoms with E-state index in [2.05, 4.69) is 17.2 Å². The van der Waals surface area contributed by atoms with Gasteiger partial charge in [-0.3, -0.25) is 0 Å². The maximum atomic E-state index is 10.9. The van der Waals surface area contributed by atoms with Gasteiger partial charge in [0.1, 0.15) is 11.9 Å². The number of hydrogen-bond acceptors (Lipinski definition) is 4. The summed E-state index contributed by atoms with van der Waals surface area (Å²) in [5, 5.41) is 14.2. The van der Waals surface area contributed by atoms with Crippen molar-refractivity contribution in [1.82, 2.24) is 4.98 Å². The molecular formula is C13H19N3O2. The lowest BCUT2D eigenvalue weighted by molar-refractivity contribution is -0.388. The van der Waals surface area contributed by atoms with Crippen molar-refractivity contribution in [3.63, 3.8) is 0 Å². The summed E-state index contributed by atoms with van der Waals surface area (Å²) in [5.41, 5.74) is 0.543. The van der Waals surface area contributed by atoms with E-state index in [1.54, 1.807) is 12.1 Å². The quantitative estimate of drug-likeness (QED) is 0.506. The molecule has 1 aliphatic rings. The van der Waals surface area contributed by atoms with Gasteiger partial charge >= 0.3 is 5.82 Å². The molecule has 0 amide bonds. The highest BCUT2D eigenvalue weighted by molar-refractivity contribution is 5.57. The summed E-state index contributed by atoms with van der Waals surface area (Å²) in [6.45, 7) is 2.21. The van der Waals surface area contributed by atoms with E-state index in [9.17, 15) is 10.1 Å². The van der Waals surface area contributed by atoms with Crippen LogP contribution in [0.4, 0.5) is 11.5 Å². The number of rotatable bonds is 3. The van der Waals surface area contributed by atoms with Crippen molar-refractivity contribution in [3.05, 3.63) is 28.4 Å². The molecule has 1 heterocycles. The van der Waals surface area contributed by atoms with Gasteiger partial charge in [0, 0.05) is 6.04 Å². The minimum atomic E-state index is -0.427. The maximum Gasteiger partial charge on any atom is 0.386 e. The third-order valence-corrected chi connectivity index (χ3v) is 3.66. The second-order valence-electron chi connectivity index (χ2n) is 5.00. The fraction of sp³-hybridized carbons (Fsp3) is 0.615. The SMILES string of the molecule is CC1CCCCCC1Nc1cccnc1[N+](=O)[O-]. The molecule has 5 heteroatoms. The van der Waals surface area contributed by atoms with Crippen LogP contribution in [0.1, 0.15) is 39.0 Å². The van der Waals surface area contributed by atoms with Crippen LogP contribution < -0.4 is 5.32 Å². The Hall–Kier alpha value is -1.65. The Balaban J connectivity index is 2.14. The summed E-state index contributed by atoms with van der Waals surface area (Å²) in [4.78, 5) is 14.3. The molecule has 18 heavy (non-hydrogen) atoms. The third kappa shape index (κ3) is 2.97. The van der Waals surface area contributed by atoms with Gasteiger partial charge in [0.2, 0.25) is 0 Å². The van der Waals surface area contributed by atoms with E-state index in [1.165, 1.54) is 31.9 Å². The number of pyridine rings is 1. The van der Waals surface area contributed by atoms with E-state index < -0.39 is 4.92 Å². The molecular weight excluding hydrogens is 230 g/mol. The van der Waals surface area contributed by atoms with Crippen molar-refractivity contribution in [2.45, 2.75) is 45.1 Å². The molecule has 0 saturated heterocycles. The van der Waals surface area contributed by atoms with Crippen molar-refractivity contribution >= 4 is 11.5 Å². The molecule has 98 valence electrons. The van der Waals surface area contributed by atoms with Crippen LogP contribution in [0.15, 0.2) is 18.3 Å². The Kier molecular flexibility index (Phi) is 4.12. The molecule has 2 unspecified atom stereocenters. The van der Waals surface area contributed by atoms with Crippen LogP contribution in [0.5, 0.6) is 0 Å². The van der Waals surface area contributed by atoms with E-state index in [0.29, 0.717) is 17.6 Å². The number of nitrogens with one attached hydrogen (secondary N) is 1. The van der Waals surface area contributed by atoms with Gasteiger partial charge in [0.25, 0.3) is 0 Å². The summed E-state index contributed by atoms with van der Waals surface area (Å²) in [6.07, 6.45) is 7.43. The molecule has 0 aromatic carbocycles. The van der Waals surface area contributed by atoms with Gasteiger partial charge in [0.05, 0.1) is 0 Å². The summed E-state index contributed by atoms with van der Waals surface area (Å²) in [6, 6.07) is 3.79. The molecule has 1 aromatic rings. The maximum absolute atomic E-state index is 10.9. The van der Waals surface area contributed by atoms with Crippen molar-refractivity contribution in [2.24, 2.45) is 5.92 Å². The van der Waals surface area contributed by atoms with Gasteiger partial charge in [-0.25, -0.2) is 0 Å². The Bertz CT molecular complexity index is 422. The molecule has 0 bridgehead atoms. The fourth-order valence-corrected chi connectivity index (χ4v) is 2.56. The molecule has 5 nitrogen and oxygen atoms in total. The average molecular weight is 249 g/mol. The summed E-state index contributed by atoms with van der Waals surface area (Å²) >= 11 is 0. The second-order valence-corrected chi connectivity index (χ2v) is 5.00. The fourth-order valence-electron chi connectivity index (χ4n) is 2.56. The van der Waals surface area contributed by atoms with Gasteiger partial charge in [-0.05, 0) is 40.8 Å². The van der Waals surface area contributed by atoms with Crippen LogP contribution in [0.3, 0.4) is 0 Å². The largest absolute Gasteiger partial charge is 0.386 e. The standard InChI is InChI=1S/C13H19N3O2/c1-10-6-3-2-4-7-11(10)15-12-8-5-9-14-13(12)16(17)18/h5,8-11,15H,2-4,6-7H2,1H3. The molecule has 1 aromatic heterocycles. The van der Waals surface area contributed by atoms with Crippen LogP contribution in [0.25, 0.3) is 0 Å². The first-order chi connectivity index (χ1) is 8.68. The smallest absolute Gasteiger partial charge is 0.375 e. The molecule has 1 fully saturated rings. The van der Waals surface area contributed by atoms with E-state index >= 15 is 0 Å². The van der Waals surface area contributed by atoms with E-state index in [-0.39, 0.29) is 5.82 Å². The van der Waals surface area contributed by atoms with Gasteiger partial charge < -0.3 is 15.4 Å². The Morgan fingerprint density at radius 2 is 2.17 bits per heavy atom. The average Bonchev–Trinajstić information content (AvgIpc) is 2.55. The molecule has 0 aliphatic heterocycles. The molecule has 0 radical (unpaired) electrons. The number of hydrogen-bond donors (Lipinski definition) is 1. The molecule has 1 saturated carbocycles. The van der Waals surface area contributed by atoms with E-state index in [0.717, 1.165) is 6.42 Å². The molecule has 1 N–H and O–H groups in total. The van der Waals surface area contributed by atoms with Crippen LogP contribution in [-0.2, 0) is 0 Å². The van der Waals surface area contributed by atoms with E-state index in [4.69, 9.17) is 0 Å². The van der Waals surface area contributed by atoms with Crippen molar-refractivity contribution in [2.75, 3.05) is 5.32 Å². The zero-order valence-electron chi connectivity index (χ0n) is 10.6. The van der Waals surface area contributed by atoms with Crippen LogP contribution >= 0.6 is 0 Å². The van der Waals surface area contributed by atoms with Crippen molar-refractivity contribution in [3.8, 4) is 0 Å². The Morgan fingerprint density at radius 1 is 1.39 bits per heavy atom. The van der Waals surface area contributed by atoms with Gasteiger partial charge in [-0.15, -0.1) is 0 Å². The number of aromatic nitrogens is 1. The summed E-state index contributed by atoms with van der Waals surface area (Å²) in [7, 11) is 0. The lowest BCUT2D eigenvalue weighted by atomic mass is 9.97. The lowest BCUT2D eigenvalue weighted by Crippen LogP contribution is -2.26. The molecule has 0 spiro atoms. The first kappa shape index (κ1) is 12.8. The highest BCUT2D eigenvalue weighted by Gasteiger charge is 2.23. The van der Waals surface area contributed by atoms with E-state index in [1.807, 2.05) is 0 Å². The number of nitrogens with zero attached hydrogens (tertiary/aromatic N) is 2. The first-order valence-corrected chi connectivity index (χ1v) is 6.54. The van der Waals surface area contributed by atoms with Gasteiger partial charge in [-0.1, -0.05) is 26.2 Å². The monoisotopic (exact) mass is 249 g/mol.